The molecule has 0 spiro atoms. The monoisotopic (exact) mass is 458 g/mol. The van der Waals surface area contributed by atoms with Crippen molar-refractivity contribution in [3.05, 3.63) is 0 Å². The average molecular weight is 459 g/mol. The first-order valence-corrected chi connectivity index (χ1v) is 12.1. The van der Waals surface area contributed by atoms with E-state index in [0.717, 1.165) is 25.7 Å². The molecule has 0 aromatic rings. The summed E-state index contributed by atoms with van der Waals surface area (Å²) >= 11 is 0. The van der Waals surface area contributed by atoms with Crippen molar-refractivity contribution in [2.75, 3.05) is 26.4 Å². The van der Waals surface area contributed by atoms with Gasteiger partial charge in [0.2, 0.25) is 0 Å². The fourth-order valence-electron chi connectivity index (χ4n) is 3.01. The molecule has 0 aromatic carbocycles. The molecule has 0 bridgehead atoms. The average Bonchev–Trinajstić information content (AvgIpc) is 2.77. The second kappa shape index (κ2) is 17.4. The molecule has 0 aliphatic heterocycles. The van der Waals surface area contributed by atoms with Crippen LogP contribution in [-0.4, -0.2) is 50.3 Å². The lowest BCUT2D eigenvalue weighted by Gasteiger charge is -2.32. The fraction of sp³-hybridized carbons (Fsp3) is 0.833. The molecule has 0 saturated heterocycles. The zero-order valence-corrected chi connectivity index (χ0v) is 20.5. The fourth-order valence-corrected chi connectivity index (χ4v) is 3.01. The van der Waals surface area contributed by atoms with E-state index >= 15 is 0 Å². The SMILES string of the molecule is CCCCOC(=O)C(CC)C(C(=O)OCCCC)(C(=O)OCCCC)C(=O)OCCCC. The van der Waals surface area contributed by atoms with Gasteiger partial charge in [-0.05, 0) is 32.1 Å². The van der Waals surface area contributed by atoms with Crippen molar-refractivity contribution in [2.45, 2.75) is 92.4 Å². The summed E-state index contributed by atoms with van der Waals surface area (Å²) < 4.78 is 21.2. The molecule has 8 heteroatoms. The van der Waals surface area contributed by atoms with Gasteiger partial charge >= 0.3 is 23.9 Å². The Kier molecular flexibility index (Phi) is 16.3. The molecule has 0 fully saturated rings. The van der Waals surface area contributed by atoms with Crippen LogP contribution in [0.25, 0.3) is 0 Å². The van der Waals surface area contributed by atoms with Crippen LogP contribution in [0.4, 0.5) is 0 Å². The van der Waals surface area contributed by atoms with Gasteiger partial charge in [-0.25, -0.2) is 0 Å². The van der Waals surface area contributed by atoms with Gasteiger partial charge < -0.3 is 18.9 Å². The Morgan fingerprint density at radius 2 is 0.875 bits per heavy atom. The van der Waals surface area contributed by atoms with Gasteiger partial charge in [-0.1, -0.05) is 60.3 Å². The first kappa shape index (κ1) is 29.9. The molecule has 0 aliphatic carbocycles. The highest BCUT2D eigenvalue weighted by Gasteiger charge is 2.65. The summed E-state index contributed by atoms with van der Waals surface area (Å²) in [7, 11) is 0. The van der Waals surface area contributed by atoms with E-state index in [1.807, 2.05) is 27.7 Å². The number of esters is 4. The lowest BCUT2D eigenvalue weighted by atomic mass is 9.73. The van der Waals surface area contributed by atoms with Gasteiger partial charge in [-0.2, -0.15) is 0 Å². The third-order valence-corrected chi connectivity index (χ3v) is 5.12. The first-order valence-electron chi connectivity index (χ1n) is 12.1. The predicted molar refractivity (Wildman–Crippen MR) is 120 cm³/mol. The number of carbonyl (C=O) groups is 4. The Labute approximate surface area is 192 Å². The highest BCUT2D eigenvalue weighted by Crippen LogP contribution is 2.37. The second-order valence-electron chi connectivity index (χ2n) is 7.76. The first-order chi connectivity index (χ1) is 15.4. The summed E-state index contributed by atoms with van der Waals surface area (Å²) in [5.74, 6) is -5.57. The van der Waals surface area contributed by atoms with Gasteiger partial charge in [0.1, 0.15) is 0 Å². The van der Waals surface area contributed by atoms with Crippen LogP contribution in [0.5, 0.6) is 0 Å². The minimum atomic E-state index is -2.55. The summed E-state index contributed by atoms with van der Waals surface area (Å²) in [6, 6.07) is 0. The standard InChI is InChI=1S/C24H42O8/c1-6-11-15-29-20(25)19(10-5)24(21(26)30-16-12-7-2,22(27)31-17-13-8-3)23(28)32-18-14-9-4/h19H,6-18H2,1-5H3. The van der Waals surface area contributed by atoms with Gasteiger partial charge in [0.15, 0.2) is 0 Å². The summed E-state index contributed by atoms with van der Waals surface area (Å²) in [5.41, 5.74) is -2.55. The van der Waals surface area contributed by atoms with Crippen molar-refractivity contribution in [3.63, 3.8) is 0 Å². The number of rotatable bonds is 18. The van der Waals surface area contributed by atoms with Crippen molar-refractivity contribution < 1.29 is 38.1 Å². The molecule has 0 aromatic heterocycles. The summed E-state index contributed by atoms with van der Waals surface area (Å²) in [5, 5.41) is 0. The zero-order valence-electron chi connectivity index (χ0n) is 20.5. The topological polar surface area (TPSA) is 105 Å². The molecule has 0 amide bonds. The minimum Gasteiger partial charge on any atom is -0.465 e. The highest BCUT2D eigenvalue weighted by molar-refractivity contribution is 6.20. The van der Waals surface area contributed by atoms with Gasteiger partial charge in [0.25, 0.3) is 5.41 Å². The molecular weight excluding hydrogens is 416 g/mol. The van der Waals surface area contributed by atoms with Gasteiger partial charge in [-0.15, -0.1) is 0 Å². The summed E-state index contributed by atoms with van der Waals surface area (Å²) in [6.45, 7) is 9.48. The van der Waals surface area contributed by atoms with Gasteiger partial charge in [0, 0.05) is 0 Å². The van der Waals surface area contributed by atoms with Crippen LogP contribution in [0.15, 0.2) is 0 Å². The smallest absolute Gasteiger partial charge is 0.336 e. The minimum absolute atomic E-state index is 0.000405. The van der Waals surface area contributed by atoms with Crippen molar-refractivity contribution in [2.24, 2.45) is 11.3 Å². The third-order valence-electron chi connectivity index (χ3n) is 5.12. The second-order valence-corrected chi connectivity index (χ2v) is 7.76. The zero-order chi connectivity index (χ0) is 24.4. The van der Waals surface area contributed by atoms with Crippen LogP contribution in [0.2, 0.25) is 0 Å². The quantitative estimate of drug-likeness (QED) is 0.129. The van der Waals surface area contributed by atoms with E-state index in [1.54, 1.807) is 6.92 Å². The molecule has 8 nitrogen and oxygen atoms in total. The van der Waals surface area contributed by atoms with Crippen LogP contribution >= 0.6 is 0 Å². The predicted octanol–water partition coefficient (Wildman–Crippen LogP) is 4.37. The molecule has 1 atom stereocenters. The lowest BCUT2D eigenvalue weighted by Crippen LogP contribution is -2.57. The normalized spacial score (nSPS) is 12.0. The van der Waals surface area contributed by atoms with Crippen LogP contribution in [0.3, 0.4) is 0 Å². The Bertz CT molecular complexity index is 517. The van der Waals surface area contributed by atoms with E-state index in [9.17, 15) is 19.2 Å². The summed E-state index contributed by atoms with van der Waals surface area (Å²) in [4.78, 5) is 52.8. The van der Waals surface area contributed by atoms with Crippen molar-refractivity contribution in [3.8, 4) is 0 Å². The maximum Gasteiger partial charge on any atom is 0.336 e. The Morgan fingerprint density at radius 1 is 0.562 bits per heavy atom. The Hall–Kier alpha value is -2.12. The van der Waals surface area contributed by atoms with E-state index in [-0.39, 0.29) is 32.8 Å². The summed E-state index contributed by atoms with van der Waals surface area (Å²) in [6.07, 6.45) is 5.32. The molecule has 0 heterocycles. The number of unbranched alkanes of at least 4 members (excludes halogenated alkanes) is 4. The van der Waals surface area contributed by atoms with Crippen molar-refractivity contribution in [1.29, 1.82) is 0 Å². The Morgan fingerprint density at radius 3 is 1.16 bits per heavy atom. The third kappa shape index (κ3) is 8.79. The maximum absolute atomic E-state index is 13.3. The van der Waals surface area contributed by atoms with Gasteiger partial charge in [-0.3, -0.25) is 19.2 Å². The number of hydrogen-bond acceptors (Lipinski definition) is 8. The van der Waals surface area contributed by atoms with E-state index in [4.69, 9.17) is 18.9 Å². The maximum atomic E-state index is 13.3. The van der Waals surface area contributed by atoms with Crippen LogP contribution in [0, 0.1) is 11.3 Å². The van der Waals surface area contributed by atoms with E-state index < -0.39 is 35.2 Å². The van der Waals surface area contributed by atoms with Gasteiger partial charge in [0.05, 0.1) is 32.3 Å². The number of carbonyl (C=O) groups excluding carboxylic acids is 4. The molecule has 0 radical (unpaired) electrons. The molecule has 186 valence electrons. The van der Waals surface area contributed by atoms with Crippen LogP contribution in [-0.2, 0) is 38.1 Å². The highest BCUT2D eigenvalue weighted by atomic mass is 16.6. The molecule has 32 heavy (non-hydrogen) atoms. The van der Waals surface area contributed by atoms with Crippen molar-refractivity contribution >= 4 is 23.9 Å². The molecule has 0 saturated carbocycles. The van der Waals surface area contributed by atoms with E-state index in [1.165, 1.54) is 0 Å². The number of ether oxygens (including phenoxy) is 4. The Balaban J connectivity index is 6.26. The van der Waals surface area contributed by atoms with E-state index in [0.29, 0.717) is 25.7 Å². The lowest BCUT2D eigenvalue weighted by molar-refractivity contribution is -0.195. The molecule has 0 N–H and O–H groups in total. The van der Waals surface area contributed by atoms with E-state index in [2.05, 4.69) is 0 Å². The molecule has 0 aliphatic rings. The molecular formula is C24H42O8. The molecule has 1 unspecified atom stereocenters. The number of hydrogen-bond donors (Lipinski definition) is 0. The van der Waals surface area contributed by atoms with Crippen LogP contribution < -0.4 is 0 Å². The molecule has 0 rings (SSSR count). The van der Waals surface area contributed by atoms with Crippen molar-refractivity contribution in [1.82, 2.24) is 0 Å². The largest absolute Gasteiger partial charge is 0.465 e. The van der Waals surface area contributed by atoms with Crippen LogP contribution in [0.1, 0.15) is 92.4 Å².